The van der Waals surface area contributed by atoms with Crippen LogP contribution in [0.4, 0.5) is 4.39 Å². The summed E-state index contributed by atoms with van der Waals surface area (Å²) < 4.78 is 13.2. The molecule has 1 aromatic carbocycles. The van der Waals surface area contributed by atoms with E-state index in [1.165, 1.54) is 12.1 Å². The molecule has 6 heteroatoms. The van der Waals surface area contributed by atoms with Crippen LogP contribution in [-0.2, 0) is 4.79 Å². The molecular weight excluding hydrogens is 295 g/mol. The summed E-state index contributed by atoms with van der Waals surface area (Å²) in [4.78, 5) is 12.2. The Morgan fingerprint density at radius 2 is 1.87 bits per heavy atom. The van der Waals surface area contributed by atoms with Crippen molar-refractivity contribution >= 4 is 5.91 Å². The van der Waals surface area contributed by atoms with Crippen LogP contribution in [0.2, 0.25) is 0 Å². The number of hydrazine groups is 1. The van der Waals surface area contributed by atoms with Gasteiger partial charge >= 0.3 is 0 Å². The molecule has 2 fully saturated rings. The maximum absolute atomic E-state index is 13.2. The molecule has 0 saturated carbocycles. The molecule has 3 N–H and O–H groups in total. The third-order valence-corrected chi connectivity index (χ3v) is 5.04. The van der Waals surface area contributed by atoms with E-state index in [9.17, 15) is 9.18 Å². The van der Waals surface area contributed by atoms with Gasteiger partial charge in [0.1, 0.15) is 12.0 Å². The number of fused-ring (bicyclic) bond motifs is 1. The maximum Gasteiger partial charge on any atom is 0.247 e. The summed E-state index contributed by atoms with van der Waals surface area (Å²) in [5.74, 6) is 0.254. The van der Waals surface area contributed by atoms with Crippen molar-refractivity contribution in [3.63, 3.8) is 0 Å². The number of halogens is 1. The Balaban J connectivity index is 1.59. The summed E-state index contributed by atoms with van der Waals surface area (Å²) in [6.45, 7) is 2.71. The van der Waals surface area contributed by atoms with Gasteiger partial charge in [0.2, 0.25) is 5.91 Å². The first kappa shape index (κ1) is 14.7. The predicted octanol–water partition coefficient (Wildman–Crippen LogP) is 1.07. The lowest BCUT2D eigenvalue weighted by molar-refractivity contribution is -0.119. The molecule has 2 unspecified atom stereocenters. The zero-order valence-electron chi connectivity index (χ0n) is 12.9. The lowest BCUT2D eigenvalue weighted by atomic mass is 9.91. The largest absolute Gasteiger partial charge is 0.330 e. The molecule has 0 aromatic heterocycles. The molecule has 3 aliphatic heterocycles. The van der Waals surface area contributed by atoms with Gasteiger partial charge in [-0.05, 0) is 43.6 Å². The summed E-state index contributed by atoms with van der Waals surface area (Å²) in [5.41, 5.74) is 5.55. The Kier molecular flexibility index (Phi) is 3.79. The topological polar surface area (TPSA) is 56.4 Å². The van der Waals surface area contributed by atoms with Crippen LogP contribution < -0.4 is 16.1 Å². The van der Waals surface area contributed by atoms with Crippen LogP contribution in [0.5, 0.6) is 0 Å². The van der Waals surface area contributed by atoms with E-state index in [0.717, 1.165) is 43.7 Å². The highest BCUT2D eigenvalue weighted by Gasteiger charge is 2.41. The number of benzene rings is 1. The fraction of sp³-hybridized carbons (Fsp3) is 0.471. The molecule has 3 aliphatic rings. The second-order valence-electron chi connectivity index (χ2n) is 6.44. The molecule has 5 nitrogen and oxygen atoms in total. The zero-order chi connectivity index (χ0) is 15.8. The van der Waals surface area contributed by atoms with Gasteiger partial charge in [0.15, 0.2) is 0 Å². The fourth-order valence-electron chi connectivity index (χ4n) is 3.84. The normalized spacial score (nSPS) is 28.3. The summed E-state index contributed by atoms with van der Waals surface area (Å²) in [6, 6.07) is 6.57. The van der Waals surface area contributed by atoms with Crippen LogP contribution >= 0.6 is 0 Å². The molecule has 4 rings (SSSR count). The smallest absolute Gasteiger partial charge is 0.247 e. The Hall–Kier alpha value is -1.92. The van der Waals surface area contributed by atoms with E-state index in [2.05, 4.69) is 21.1 Å². The predicted molar refractivity (Wildman–Crippen MR) is 84.6 cm³/mol. The van der Waals surface area contributed by atoms with Gasteiger partial charge in [0, 0.05) is 30.2 Å². The average molecular weight is 316 g/mol. The van der Waals surface area contributed by atoms with Gasteiger partial charge in [0.05, 0.1) is 0 Å². The van der Waals surface area contributed by atoms with Gasteiger partial charge in [0.25, 0.3) is 0 Å². The number of nitrogens with one attached hydrogen (secondary N) is 3. The van der Waals surface area contributed by atoms with Crippen LogP contribution in [-0.4, -0.2) is 36.7 Å². The molecule has 2 saturated heterocycles. The Labute approximate surface area is 134 Å². The molecule has 1 amide bonds. The highest BCUT2D eigenvalue weighted by molar-refractivity contribution is 5.89. The molecule has 23 heavy (non-hydrogen) atoms. The van der Waals surface area contributed by atoms with Crippen molar-refractivity contribution in [1.29, 1.82) is 0 Å². The van der Waals surface area contributed by atoms with E-state index in [4.69, 9.17) is 0 Å². The van der Waals surface area contributed by atoms with Crippen molar-refractivity contribution in [1.82, 2.24) is 21.1 Å². The molecular formula is C17H21FN4O. The SMILES string of the molecule is O=C1C=C(C2CCNCC2)N2NCC(c3ccc(F)cc3)C2N1. The van der Waals surface area contributed by atoms with Crippen LogP contribution in [0, 0.1) is 11.7 Å². The quantitative estimate of drug-likeness (QED) is 0.764. The van der Waals surface area contributed by atoms with Gasteiger partial charge in [-0.15, -0.1) is 0 Å². The molecule has 1 aromatic rings. The van der Waals surface area contributed by atoms with Crippen LogP contribution in [0.1, 0.15) is 24.3 Å². The lowest BCUT2D eigenvalue weighted by Crippen LogP contribution is -2.53. The van der Waals surface area contributed by atoms with Crippen molar-refractivity contribution < 1.29 is 9.18 Å². The molecule has 2 atom stereocenters. The van der Waals surface area contributed by atoms with Gasteiger partial charge in [-0.2, -0.15) is 0 Å². The first-order chi connectivity index (χ1) is 11.2. The molecule has 0 aliphatic carbocycles. The van der Waals surface area contributed by atoms with Gasteiger partial charge in [-0.1, -0.05) is 12.1 Å². The summed E-state index contributed by atoms with van der Waals surface area (Å²) >= 11 is 0. The number of hydrogen-bond donors (Lipinski definition) is 3. The maximum atomic E-state index is 13.2. The highest BCUT2D eigenvalue weighted by atomic mass is 19.1. The number of piperidine rings is 1. The van der Waals surface area contributed by atoms with Crippen LogP contribution in [0.15, 0.2) is 36.0 Å². The first-order valence-electron chi connectivity index (χ1n) is 8.23. The minimum absolute atomic E-state index is 0.0319. The van der Waals surface area contributed by atoms with E-state index >= 15 is 0 Å². The second-order valence-corrected chi connectivity index (χ2v) is 6.44. The fourth-order valence-corrected chi connectivity index (χ4v) is 3.84. The van der Waals surface area contributed by atoms with E-state index in [1.54, 1.807) is 18.2 Å². The Bertz CT molecular complexity index is 624. The highest BCUT2D eigenvalue weighted by Crippen LogP contribution is 2.34. The Morgan fingerprint density at radius 1 is 1.13 bits per heavy atom. The second kappa shape index (κ2) is 5.94. The van der Waals surface area contributed by atoms with Crippen molar-refractivity contribution in [2.45, 2.75) is 24.9 Å². The molecule has 122 valence electrons. The van der Waals surface area contributed by atoms with Crippen LogP contribution in [0.25, 0.3) is 0 Å². The molecule has 0 radical (unpaired) electrons. The average Bonchev–Trinajstić information content (AvgIpc) is 2.99. The Morgan fingerprint density at radius 3 is 2.61 bits per heavy atom. The summed E-state index contributed by atoms with van der Waals surface area (Å²) in [6.07, 6.45) is 3.71. The van der Waals surface area contributed by atoms with E-state index in [-0.39, 0.29) is 23.8 Å². The van der Waals surface area contributed by atoms with Gasteiger partial charge in [-0.25, -0.2) is 9.82 Å². The third-order valence-electron chi connectivity index (χ3n) is 5.04. The zero-order valence-corrected chi connectivity index (χ0v) is 12.9. The number of amides is 1. The monoisotopic (exact) mass is 316 g/mol. The number of carbonyl (C=O) groups is 1. The van der Waals surface area contributed by atoms with Crippen molar-refractivity contribution in [2.75, 3.05) is 19.6 Å². The summed E-state index contributed by atoms with van der Waals surface area (Å²) in [5, 5.41) is 8.53. The molecule has 0 bridgehead atoms. The molecule has 3 heterocycles. The minimum Gasteiger partial charge on any atom is -0.330 e. The van der Waals surface area contributed by atoms with Crippen molar-refractivity contribution in [3.05, 3.63) is 47.4 Å². The van der Waals surface area contributed by atoms with Crippen molar-refractivity contribution in [2.24, 2.45) is 5.92 Å². The number of rotatable bonds is 2. The number of carbonyl (C=O) groups excluding carboxylic acids is 1. The van der Waals surface area contributed by atoms with E-state index < -0.39 is 0 Å². The van der Waals surface area contributed by atoms with Gasteiger partial charge < -0.3 is 10.6 Å². The van der Waals surface area contributed by atoms with Crippen molar-refractivity contribution in [3.8, 4) is 0 Å². The number of hydrogen-bond acceptors (Lipinski definition) is 4. The summed E-state index contributed by atoms with van der Waals surface area (Å²) in [7, 11) is 0. The standard InChI is InChI=1S/C17H21FN4O/c18-13-3-1-11(2-4-13)14-10-20-22-15(9-16(23)21-17(14)22)12-5-7-19-8-6-12/h1-4,9,12,14,17,19-20H,5-8,10H2,(H,21,23). The number of allylic oxidation sites excluding steroid dienone is 1. The van der Waals surface area contributed by atoms with Gasteiger partial charge in [-0.3, -0.25) is 9.80 Å². The van der Waals surface area contributed by atoms with E-state index in [0.29, 0.717) is 5.92 Å². The number of nitrogens with zero attached hydrogens (tertiary/aromatic N) is 1. The first-order valence-corrected chi connectivity index (χ1v) is 8.23. The molecule has 0 spiro atoms. The van der Waals surface area contributed by atoms with E-state index in [1.807, 2.05) is 0 Å². The lowest BCUT2D eigenvalue weighted by Gasteiger charge is -2.39. The third kappa shape index (κ3) is 2.72. The minimum atomic E-state index is -0.237. The van der Waals surface area contributed by atoms with Crippen LogP contribution in [0.3, 0.4) is 0 Å².